The van der Waals surface area contributed by atoms with Crippen LogP contribution in [0.1, 0.15) is 69.0 Å². The van der Waals surface area contributed by atoms with Crippen molar-refractivity contribution in [2.45, 2.75) is 64.3 Å². The largest absolute Gasteiger partial charge is 0.493 e. The van der Waals surface area contributed by atoms with Gasteiger partial charge in [0.25, 0.3) is 0 Å². The molecule has 1 aromatic rings. The van der Waals surface area contributed by atoms with Gasteiger partial charge in [0.1, 0.15) is 5.75 Å². The number of hydrogen-bond acceptors (Lipinski definition) is 3. The maximum absolute atomic E-state index is 5.73. The highest BCUT2D eigenvalue weighted by molar-refractivity contribution is 5.40. The van der Waals surface area contributed by atoms with Crippen molar-refractivity contribution in [3.8, 4) is 5.75 Å². The number of rotatable bonds is 9. The molecular weight excluding hydrogens is 248 g/mol. The molecule has 0 fully saturated rings. The van der Waals surface area contributed by atoms with Gasteiger partial charge in [0.15, 0.2) is 0 Å². The number of ether oxygens (including phenoxy) is 1. The minimum absolute atomic E-state index is 0.270. The van der Waals surface area contributed by atoms with Gasteiger partial charge in [-0.2, -0.15) is 0 Å². The fourth-order valence-electron chi connectivity index (χ4n) is 2.90. The van der Waals surface area contributed by atoms with Gasteiger partial charge in [-0.15, -0.1) is 0 Å². The van der Waals surface area contributed by atoms with E-state index in [1.165, 1.54) is 49.7 Å². The molecule has 0 amide bonds. The molecule has 1 unspecified atom stereocenters. The lowest BCUT2D eigenvalue weighted by atomic mass is 9.98. The summed E-state index contributed by atoms with van der Waals surface area (Å²) in [7, 11) is 0. The zero-order valence-electron chi connectivity index (χ0n) is 12.7. The Morgan fingerprint density at radius 2 is 2.00 bits per heavy atom. The molecule has 3 nitrogen and oxygen atoms in total. The van der Waals surface area contributed by atoms with Gasteiger partial charge in [-0.1, -0.05) is 57.6 Å². The normalized spacial score (nSPS) is 14.9. The van der Waals surface area contributed by atoms with Gasteiger partial charge < -0.3 is 4.74 Å². The van der Waals surface area contributed by atoms with Crippen molar-refractivity contribution in [3.63, 3.8) is 0 Å². The summed E-state index contributed by atoms with van der Waals surface area (Å²) in [5.74, 6) is 6.78. The Morgan fingerprint density at radius 3 is 2.80 bits per heavy atom. The van der Waals surface area contributed by atoms with Crippen molar-refractivity contribution in [1.82, 2.24) is 5.43 Å². The number of hydrogen-bond donors (Lipinski definition) is 2. The van der Waals surface area contributed by atoms with Crippen molar-refractivity contribution in [2.75, 3.05) is 6.61 Å². The Kier molecular flexibility index (Phi) is 6.34. The minimum Gasteiger partial charge on any atom is -0.493 e. The summed E-state index contributed by atoms with van der Waals surface area (Å²) < 4.78 is 5.55. The third-order valence-electron chi connectivity index (χ3n) is 4.16. The fourth-order valence-corrected chi connectivity index (χ4v) is 2.90. The second-order valence-electron chi connectivity index (χ2n) is 5.74. The molecule has 0 aromatic heterocycles. The quantitative estimate of drug-likeness (QED) is 0.409. The Hall–Kier alpha value is -1.06. The Balaban J connectivity index is 1.79. The molecule has 1 aromatic carbocycles. The van der Waals surface area contributed by atoms with Crippen LogP contribution in [0.2, 0.25) is 0 Å². The first-order valence-corrected chi connectivity index (χ1v) is 8.07. The molecule has 0 aliphatic carbocycles. The van der Waals surface area contributed by atoms with Crippen LogP contribution in [-0.2, 0) is 6.42 Å². The van der Waals surface area contributed by atoms with Crippen LogP contribution in [0.25, 0.3) is 0 Å². The maximum atomic E-state index is 5.73. The van der Waals surface area contributed by atoms with Gasteiger partial charge in [-0.25, -0.2) is 0 Å². The Labute approximate surface area is 122 Å². The molecule has 1 aliphatic heterocycles. The lowest BCUT2D eigenvalue weighted by Gasteiger charge is -2.17. The van der Waals surface area contributed by atoms with Crippen LogP contribution in [-0.4, -0.2) is 6.61 Å². The molecule has 3 heteroatoms. The van der Waals surface area contributed by atoms with E-state index in [1.54, 1.807) is 0 Å². The van der Waals surface area contributed by atoms with Gasteiger partial charge in [-0.05, 0) is 23.6 Å². The lowest BCUT2D eigenvalue weighted by Crippen LogP contribution is -2.28. The van der Waals surface area contributed by atoms with Crippen LogP contribution in [0.5, 0.6) is 5.75 Å². The highest BCUT2D eigenvalue weighted by Crippen LogP contribution is 2.29. The average molecular weight is 276 g/mol. The molecule has 112 valence electrons. The molecule has 1 atom stereocenters. The number of unbranched alkanes of at least 4 members (excludes halogenated alkanes) is 5. The molecule has 20 heavy (non-hydrogen) atoms. The van der Waals surface area contributed by atoms with E-state index in [0.29, 0.717) is 0 Å². The predicted molar refractivity (Wildman–Crippen MR) is 83.7 cm³/mol. The highest BCUT2D eigenvalue weighted by atomic mass is 16.5. The van der Waals surface area contributed by atoms with E-state index in [0.717, 1.165) is 25.2 Å². The van der Waals surface area contributed by atoms with Gasteiger partial charge in [-0.3, -0.25) is 11.3 Å². The van der Waals surface area contributed by atoms with E-state index in [9.17, 15) is 0 Å². The van der Waals surface area contributed by atoms with Crippen LogP contribution >= 0.6 is 0 Å². The Bertz CT molecular complexity index is 406. The van der Waals surface area contributed by atoms with Crippen molar-refractivity contribution >= 4 is 0 Å². The van der Waals surface area contributed by atoms with Crippen molar-refractivity contribution < 1.29 is 4.74 Å². The Morgan fingerprint density at radius 1 is 1.20 bits per heavy atom. The molecule has 0 saturated heterocycles. The van der Waals surface area contributed by atoms with Gasteiger partial charge >= 0.3 is 0 Å². The molecule has 3 N–H and O–H groups in total. The van der Waals surface area contributed by atoms with E-state index in [2.05, 4.69) is 30.5 Å². The summed E-state index contributed by atoms with van der Waals surface area (Å²) in [6.45, 7) is 3.07. The fraction of sp³-hybridized carbons (Fsp3) is 0.647. The zero-order valence-corrected chi connectivity index (χ0v) is 12.7. The van der Waals surface area contributed by atoms with Crippen LogP contribution < -0.4 is 16.0 Å². The van der Waals surface area contributed by atoms with E-state index < -0.39 is 0 Å². The molecule has 1 heterocycles. The third kappa shape index (κ3) is 4.22. The maximum Gasteiger partial charge on any atom is 0.122 e. The first-order valence-electron chi connectivity index (χ1n) is 8.07. The van der Waals surface area contributed by atoms with E-state index in [1.807, 2.05) is 0 Å². The molecule has 0 spiro atoms. The minimum atomic E-state index is 0.270. The molecule has 2 rings (SSSR count). The van der Waals surface area contributed by atoms with Crippen molar-refractivity contribution in [2.24, 2.45) is 5.84 Å². The van der Waals surface area contributed by atoms with Crippen molar-refractivity contribution in [1.29, 1.82) is 0 Å². The summed E-state index contributed by atoms with van der Waals surface area (Å²) in [5.41, 5.74) is 5.59. The van der Waals surface area contributed by atoms with Crippen LogP contribution in [0.15, 0.2) is 18.2 Å². The van der Waals surface area contributed by atoms with Gasteiger partial charge in [0, 0.05) is 12.5 Å². The number of benzene rings is 1. The number of fused-ring (bicyclic) bond motifs is 1. The molecule has 0 radical (unpaired) electrons. The molecule has 1 aliphatic rings. The molecule has 0 bridgehead atoms. The number of nitrogens with one attached hydrogen (secondary N) is 1. The lowest BCUT2D eigenvalue weighted by molar-refractivity contribution is 0.356. The smallest absolute Gasteiger partial charge is 0.122 e. The van der Waals surface area contributed by atoms with Crippen LogP contribution in [0.3, 0.4) is 0 Å². The predicted octanol–water partition coefficient (Wildman–Crippen LogP) is 3.88. The van der Waals surface area contributed by atoms with Crippen LogP contribution in [0, 0.1) is 0 Å². The summed E-state index contributed by atoms with van der Waals surface area (Å²) in [6, 6.07) is 6.76. The summed E-state index contributed by atoms with van der Waals surface area (Å²) in [4.78, 5) is 0. The van der Waals surface area contributed by atoms with E-state index in [4.69, 9.17) is 10.6 Å². The third-order valence-corrected chi connectivity index (χ3v) is 4.16. The second kappa shape index (κ2) is 8.28. The monoisotopic (exact) mass is 276 g/mol. The molecule has 0 saturated carbocycles. The standard InChI is InChI=1S/C17H28N2O/c1-2-3-4-5-6-7-8-16(19-18)14-9-10-17-15(13-14)11-12-20-17/h9-10,13,16,19H,2-8,11-12,18H2,1H3. The number of nitrogens with two attached hydrogens (primary N) is 1. The van der Waals surface area contributed by atoms with Gasteiger partial charge in [0.2, 0.25) is 0 Å². The summed E-state index contributed by atoms with van der Waals surface area (Å²) in [5, 5.41) is 0. The zero-order chi connectivity index (χ0) is 14.2. The average Bonchev–Trinajstić information content (AvgIpc) is 2.94. The SMILES string of the molecule is CCCCCCCCC(NN)c1ccc2c(c1)CCO2. The topological polar surface area (TPSA) is 47.3 Å². The molecular formula is C17H28N2O. The van der Waals surface area contributed by atoms with Gasteiger partial charge in [0.05, 0.1) is 6.61 Å². The first kappa shape index (κ1) is 15.3. The number of hydrazine groups is 1. The highest BCUT2D eigenvalue weighted by Gasteiger charge is 2.15. The summed E-state index contributed by atoms with van der Waals surface area (Å²) >= 11 is 0. The van der Waals surface area contributed by atoms with Crippen LogP contribution in [0.4, 0.5) is 0 Å². The van der Waals surface area contributed by atoms with E-state index >= 15 is 0 Å². The second-order valence-corrected chi connectivity index (χ2v) is 5.74. The van der Waals surface area contributed by atoms with Crippen molar-refractivity contribution in [3.05, 3.63) is 29.3 Å². The summed E-state index contributed by atoms with van der Waals surface area (Å²) in [6.07, 6.45) is 10.1. The first-order chi connectivity index (χ1) is 9.85. The van der Waals surface area contributed by atoms with E-state index in [-0.39, 0.29) is 6.04 Å².